The number of ketones is 1. The van der Waals surface area contributed by atoms with Crippen molar-refractivity contribution < 1.29 is 57.5 Å². The maximum Gasteiger partial charge on any atom is 0.343 e. The van der Waals surface area contributed by atoms with Gasteiger partial charge in [0.1, 0.15) is 11.5 Å². The molecule has 17 heteroatoms. The Kier molecular flexibility index (Phi) is 24.0. The zero-order valence-electron chi connectivity index (χ0n) is 28.0. The summed E-state index contributed by atoms with van der Waals surface area (Å²) in [6.45, 7) is 6.92. The van der Waals surface area contributed by atoms with E-state index in [1.807, 2.05) is 12.1 Å². The molecule has 0 unspecified atom stereocenters. The third-order valence-electron chi connectivity index (χ3n) is 6.51. The van der Waals surface area contributed by atoms with Gasteiger partial charge in [0.25, 0.3) is 5.91 Å². The van der Waals surface area contributed by atoms with E-state index in [0.29, 0.717) is 112 Å². The fourth-order valence-corrected chi connectivity index (χ4v) is 3.95. The van der Waals surface area contributed by atoms with Gasteiger partial charge in [-0.3, -0.25) is 9.59 Å². The highest BCUT2D eigenvalue weighted by atomic mass is 16.6. The Morgan fingerprint density at radius 3 is 1.59 bits per heavy atom. The molecule has 2 aromatic rings. The Bertz CT molecular complexity index is 1150. The summed E-state index contributed by atoms with van der Waals surface area (Å²) in [6.07, 6.45) is 2.51. The number of hydrogen-bond donors (Lipinski definition) is 3. The van der Waals surface area contributed by atoms with Crippen LogP contribution in [0.4, 0.5) is 5.82 Å². The second-order valence-electron chi connectivity index (χ2n) is 10.4. The number of aromatic amines is 1. The van der Waals surface area contributed by atoms with Crippen LogP contribution in [0, 0.1) is 10.1 Å². The van der Waals surface area contributed by atoms with E-state index in [-0.39, 0.29) is 36.2 Å². The number of phenolic OH excluding ortho intramolecular Hbond substituents is 1. The summed E-state index contributed by atoms with van der Waals surface area (Å²) in [6, 6.07) is 8.10. The smallest absolute Gasteiger partial charge is 0.343 e. The molecule has 3 N–H and O–H groups in total. The van der Waals surface area contributed by atoms with Crippen LogP contribution in [0.3, 0.4) is 0 Å². The molecule has 1 aromatic carbocycles. The molecule has 0 aliphatic heterocycles. The minimum atomic E-state index is -0.663. The van der Waals surface area contributed by atoms with Crippen molar-refractivity contribution in [1.29, 1.82) is 0 Å². The number of carbonyl (C=O) groups excluding carboxylic acids is 2. The van der Waals surface area contributed by atoms with E-state index >= 15 is 0 Å². The maximum absolute atomic E-state index is 12.0. The number of nitrogens with zero attached hydrogens (tertiary/aromatic N) is 2. The molecule has 0 saturated carbocycles. The molecule has 276 valence electrons. The average molecular weight is 699 g/mol. The standard InChI is InChI=1S/C32H50N4O13/c37-28(3-1-2-27-4-6-29(38)7-5-27)8-10-42-12-14-44-16-18-46-20-22-48-24-25-49-23-21-47-19-17-45-15-13-43-11-9-33-32(39)30-26-31(35-34-30)36(40)41/h4-7,26,38H,1-3,8-25H2,(H,33,39)(H,34,35). The van der Waals surface area contributed by atoms with E-state index in [1.165, 1.54) is 0 Å². The number of amides is 1. The molecule has 49 heavy (non-hydrogen) atoms. The second kappa shape index (κ2) is 28.3. The minimum absolute atomic E-state index is 0.0627. The number of aromatic nitrogens is 2. The number of nitro groups is 1. The highest BCUT2D eigenvalue weighted by Crippen LogP contribution is 2.12. The van der Waals surface area contributed by atoms with Crippen molar-refractivity contribution in [3.8, 4) is 5.75 Å². The summed E-state index contributed by atoms with van der Waals surface area (Å²) in [5.74, 6) is -0.453. The predicted octanol–water partition coefficient (Wildman–Crippen LogP) is 1.87. The molecular weight excluding hydrogens is 648 g/mol. The zero-order valence-corrected chi connectivity index (χ0v) is 28.0. The van der Waals surface area contributed by atoms with Gasteiger partial charge in [0.2, 0.25) is 0 Å². The number of carbonyl (C=O) groups is 2. The Balaban J connectivity index is 1.19. The lowest BCUT2D eigenvalue weighted by atomic mass is 10.1. The van der Waals surface area contributed by atoms with E-state index in [2.05, 4.69) is 15.5 Å². The van der Waals surface area contributed by atoms with Gasteiger partial charge >= 0.3 is 5.82 Å². The van der Waals surface area contributed by atoms with Gasteiger partial charge in [0.15, 0.2) is 5.69 Å². The number of H-pyrrole nitrogens is 1. The third-order valence-corrected chi connectivity index (χ3v) is 6.51. The molecule has 0 spiro atoms. The summed E-state index contributed by atoms with van der Waals surface area (Å²) in [4.78, 5) is 33.7. The predicted molar refractivity (Wildman–Crippen MR) is 175 cm³/mol. The zero-order chi connectivity index (χ0) is 35.2. The Hall–Kier alpha value is -3.55. The highest BCUT2D eigenvalue weighted by molar-refractivity contribution is 5.92. The van der Waals surface area contributed by atoms with E-state index in [4.69, 9.17) is 37.9 Å². The maximum atomic E-state index is 12.0. The van der Waals surface area contributed by atoms with Gasteiger partial charge < -0.3 is 58.4 Å². The van der Waals surface area contributed by atoms with Crippen LogP contribution in [-0.4, -0.2) is 144 Å². The first kappa shape index (κ1) is 41.6. The van der Waals surface area contributed by atoms with Gasteiger partial charge in [0, 0.05) is 19.4 Å². The van der Waals surface area contributed by atoms with Crippen molar-refractivity contribution in [2.75, 3.05) is 112 Å². The van der Waals surface area contributed by atoms with Crippen LogP contribution in [0.25, 0.3) is 0 Å². The van der Waals surface area contributed by atoms with Gasteiger partial charge in [-0.1, -0.05) is 17.2 Å². The van der Waals surface area contributed by atoms with Gasteiger partial charge in [-0.05, 0) is 35.5 Å². The number of aryl methyl sites for hydroxylation is 1. The third kappa shape index (κ3) is 22.7. The molecule has 0 aliphatic carbocycles. The fourth-order valence-electron chi connectivity index (χ4n) is 3.95. The average Bonchev–Trinajstić information content (AvgIpc) is 3.60. The Morgan fingerprint density at radius 2 is 1.14 bits per heavy atom. The lowest BCUT2D eigenvalue weighted by molar-refractivity contribution is -0.389. The van der Waals surface area contributed by atoms with Gasteiger partial charge in [-0.15, -0.1) is 5.10 Å². The van der Waals surface area contributed by atoms with Crippen molar-refractivity contribution in [3.05, 3.63) is 51.7 Å². The number of rotatable bonds is 33. The monoisotopic (exact) mass is 698 g/mol. The minimum Gasteiger partial charge on any atom is -0.508 e. The number of nitrogens with one attached hydrogen (secondary N) is 2. The van der Waals surface area contributed by atoms with Gasteiger partial charge in [0.05, 0.1) is 112 Å². The first-order valence-electron chi connectivity index (χ1n) is 16.3. The highest BCUT2D eigenvalue weighted by Gasteiger charge is 2.15. The largest absolute Gasteiger partial charge is 0.508 e. The normalized spacial score (nSPS) is 11.2. The molecule has 0 bridgehead atoms. The molecule has 0 fully saturated rings. The lowest BCUT2D eigenvalue weighted by Crippen LogP contribution is -2.28. The molecule has 0 aliphatic rings. The van der Waals surface area contributed by atoms with E-state index in [0.717, 1.165) is 24.5 Å². The van der Waals surface area contributed by atoms with Crippen LogP contribution in [0.15, 0.2) is 30.3 Å². The van der Waals surface area contributed by atoms with Gasteiger partial charge in [-0.2, -0.15) is 0 Å². The molecule has 1 aromatic heterocycles. The topological polar surface area (TPSA) is 212 Å². The van der Waals surface area contributed by atoms with Crippen LogP contribution in [-0.2, 0) is 49.1 Å². The first-order chi connectivity index (χ1) is 24.0. The summed E-state index contributed by atoms with van der Waals surface area (Å²) in [7, 11) is 0. The van der Waals surface area contributed by atoms with Crippen LogP contribution in [0.2, 0.25) is 0 Å². The van der Waals surface area contributed by atoms with Crippen molar-refractivity contribution >= 4 is 17.5 Å². The lowest BCUT2D eigenvalue weighted by Gasteiger charge is -2.09. The van der Waals surface area contributed by atoms with Crippen LogP contribution in [0.5, 0.6) is 5.75 Å². The van der Waals surface area contributed by atoms with E-state index < -0.39 is 10.8 Å². The Morgan fingerprint density at radius 1 is 0.694 bits per heavy atom. The number of phenols is 1. The number of hydrogen-bond acceptors (Lipinski definition) is 14. The van der Waals surface area contributed by atoms with Gasteiger partial charge in [-0.25, -0.2) is 0 Å². The number of Topliss-reactive ketones (excluding diaryl/α,β-unsaturated/α-hetero) is 1. The van der Waals surface area contributed by atoms with Crippen molar-refractivity contribution in [1.82, 2.24) is 15.5 Å². The van der Waals surface area contributed by atoms with Crippen molar-refractivity contribution in [2.24, 2.45) is 0 Å². The van der Waals surface area contributed by atoms with Crippen LogP contribution in [0.1, 0.15) is 35.3 Å². The summed E-state index contributed by atoms with van der Waals surface area (Å²) in [5.41, 5.74) is 1.04. The van der Waals surface area contributed by atoms with Crippen molar-refractivity contribution in [2.45, 2.75) is 25.7 Å². The van der Waals surface area contributed by atoms with Crippen molar-refractivity contribution in [3.63, 3.8) is 0 Å². The van der Waals surface area contributed by atoms with Crippen LogP contribution >= 0.6 is 0 Å². The molecule has 1 amide bonds. The second-order valence-corrected chi connectivity index (χ2v) is 10.4. The quantitative estimate of drug-likeness (QED) is 0.0552. The molecule has 0 saturated heterocycles. The molecule has 1 heterocycles. The summed E-state index contributed by atoms with van der Waals surface area (Å²) >= 11 is 0. The molecular formula is C32H50N4O13. The first-order valence-corrected chi connectivity index (χ1v) is 16.3. The summed E-state index contributed by atoms with van der Waals surface area (Å²) in [5, 5.41) is 28.2. The number of ether oxygens (including phenoxy) is 8. The van der Waals surface area contributed by atoms with Crippen LogP contribution < -0.4 is 5.32 Å². The number of benzene rings is 1. The van der Waals surface area contributed by atoms with E-state index in [9.17, 15) is 24.8 Å². The van der Waals surface area contributed by atoms with E-state index in [1.54, 1.807) is 12.1 Å². The molecule has 17 nitrogen and oxygen atoms in total. The Labute approximate surface area is 286 Å². The summed E-state index contributed by atoms with van der Waals surface area (Å²) < 4.78 is 43.5. The SMILES string of the molecule is O=C(CCCc1ccc(O)cc1)CCOCCOCCOCCOCCOCCOCCOCCOCCNC(=O)c1cc([N+](=O)[O-])[nH]n1. The molecule has 0 radical (unpaired) electrons. The molecule has 2 rings (SSSR count). The fraction of sp³-hybridized carbons (Fsp3) is 0.656. The number of aromatic hydroxyl groups is 1. The molecule has 0 atom stereocenters.